The third-order valence-corrected chi connectivity index (χ3v) is 6.69. The summed E-state index contributed by atoms with van der Waals surface area (Å²) in [7, 11) is 1.68. The summed E-state index contributed by atoms with van der Waals surface area (Å²) in [6.07, 6.45) is 3.24. The van der Waals surface area contributed by atoms with Crippen molar-refractivity contribution in [2.45, 2.75) is 64.6 Å². The number of nitrogens with one attached hydrogen (secondary N) is 1. The average Bonchev–Trinajstić information content (AvgIpc) is 2.80. The van der Waals surface area contributed by atoms with Gasteiger partial charge in [-0.25, -0.2) is 4.79 Å². The van der Waals surface area contributed by atoms with Gasteiger partial charge >= 0.3 is 6.09 Å². The van der Waals surface area contributed by atoms with Crippen LogP contribution in [0.4, 0.5) is 4.79 Å². The monoisotopic (exact) mass is 467 g/mol. The summed E-state index contributed by atoms with van der Waals surface area (Å²) in [4.78, 5) is 24.6. The number of rotatable bonds is 8. The van der Waals surface area contributed by atoms with Crippen molar-refractivity contribution in [3.05, 3.63) is 53.6 Å². The Labute approximate surface area is 202 Å². The smallest absolute Gasteiger partial charge is 0.407 e. The zero-order valence-corrected chi connectivity index (χ0v) is 20.6. The number of benzene rings is 2. The average molecular weight is 468 g/mol. The fraction of sp³-hybridized carbons (Fsp3) is 0.481. The first-order valence-electron chi connectivity index (χ1n) is 11.9. The van der Waals surface area contributed by atoms with Crippen molar-refractivity contribution in [2.24, 2.45) is 11.7 Å². The van der Waals surface area contributed by atoms with Gasteiger partial charge in [0.2, 0.25) is 5.91 Å². The van der Waals surface area contributed by atoms with Crippen LogP contribution in [0.1, 0.15) is 62.4 Å². The Balaban J connectivity index is 1.59. The number of carboxylic acid groups (broad SMARTS) is 1. The summed E-state index contributed by atoms with van der Waals surface area (Å²) < 4.78 is 5.58. The molecular formula is C27H37N3O4. The number of methoxy groups -OCH3 is 1. The van der Waals surface area contributed by atoms with Gasteiger partial charge < -0.3 is 25.8 Å². The molecule has 0 aromatic heterocycles. The van der Waals surface area contributed by atoms with Crippen molar-refractivity contribution in [3.63, 3.8) is 0 Å². The number of nitrogens with two attached hydrogens (primary N) is 1. The number of carbonyl (C=O) groups excluding carboxylic acids is 1. The molecule has 0 atom stereocenters. The highest BCUT2D eigenvalue weighted by atomic mass is 16.5. The molecule has 2 aromatic rings. The lowest BCUT2D eigenvalue weighted by molar-refractivity contribution is 0.0812. The first-order valence-corrected chi connectivity index (χ1v) is 11.9. The fourth-order valence-corrected chi connectivity index (χ4v) is 4.62. The van der Waals surface area contributed by atoms with E-state index in [0.717, 1.165) is 48.1 Å². The lowest BCUT2D eigenvalue weighted by Crippen LogP contribution is -2.48. The van der Waals surface area contributed by atoms with Crippen LogP contribution in [-0.2, 0) is 6.54 Å². The van der Waals surface area contributed by atoms with Crippen molar-refractivity contribution in [1.82, 2.24) is 10.2 Å². The summed E-state index contributed by atoms with van der Waals surface area (Å²) in [6, 6.07) is 13.8. The molecule has 7 heteroatoms. The van der Waals surface area contributed by atoms with E-state index in [1.54, 1.807) is 24.1 Å². The third-order valence-electron chi connectivity index (χ3n) is 6.69. The van der Waals surface area contributed by atoms with Crippen molar-refractivity contribution < 1.29 is 19.4 Å². The minimum atomic E-state index is -0.844. The van der Waals surface area contributed by atoms with Crippen LogP contribution in [-0.4, -0.2) is 47.2 Å². The van der Waals surface area contributed by atoms with Gasteiger partial charge in [-0.2, -0.15) is 0 Å². The third kappa shape index (κ3) is 6.50. The Bertz CT molecular complexity index is 990. The Morgan fingerprint density at radius 1 is 1.06 bits per heavy atom. The summed E-state index contributed by atoms with van der Waals surface area (Å²) in [5.41, 5.74) is 8.59. The Morgan fingerprint density at radius 2 is 1.68 bits per heavy atom. The molecule has 2 aromatic carbocycles. The van der Waals surface area contributed by atoms with Gasteiger partial charge in [0.1, 0.15) is 5.75 Å². The number of nitrogens with zero attached hydrogens (tertiary/aromatic N) is 1. The molecule has 0 radical (unpaired) electrons. The Hall–Kier alpha value is -3.06. The van der Waals surface area contributed by atoms with Gasteiger partial charge in [0, 0.05) is 35.8 Å². The number of hydrogen-bond donors (Lipinski definition) is 3. The molecule has 2 amide bonds. The maximum Gasteiger partial charge on any atom is 0.407 e. The normalized spacial score (nSPS) is 18.4. The van der Waals surface area contributed by atoms with Gasteiger partial charge in [-0.3, -0.25) is 4.79 Å². The van der Waals surface area contributed by atoms with E-state index < -0.39 is 12.0 Å². The first-order chi connectivity index (χ1) is 16.1. The van der Waals surface area contributed by atoms with E-state index in [-0.39, 0.29) is 5.54 Å². The molecule has 1 fully saturated rings. The summed E-state index contributed by atoms with van der Waals surface area (Å²) in [5, 5.41) is 13.2. The lowest BCUT2D eigenvalue weighted by Gasteiger charge is -2.38. The molecule has 0 aliphatic heterocycles. The molecular weight excluding hydrogens is 430 g/mol. The van der Waals surface area contributed by atoms with Crippen molar-refractivity contribution >= 4 is 12.0 Å². The van der Waals surface area contributed by atoms with Crippen LogP contribution in [0.15, 0.2) is 42.5 Å². The predicted octanol–water partition coefficient (Wildman–Crippen LogP) is 4.89. The number of hydrogen-bond acceptors (Lipinski definition) is 4. The molecule has 1 aliphatic rings. The summed E-state index contributed by atoms with van der Waals surface area (Å²) in [5.74, 6) is 0.797. The molecule has 0 spiro atoms. The number of amides is 2. The van der Waals surface area contributed by atoms with Crippen LogP contribution in [0, 0.1) is 5.92 Å². The van der Waals surface area contributed by atoms with E-state index in [4.69, 9.17) is 10.5 Å². The molecule has 0 saturated heterocycles. The highest BCUT2D eigenvalue weighted by molar-refractivity contribution is 5.93. The van der Waals surface area contributed by atoms with E-state index >= 15 is 0 Å². The van der Waals surface area contributed by atoms with Crippen LogP contribution in [0.5, 0.6) is 5.75 Å². The summed E-state index contributed by atoms with van der Waals surface area (Å²) in [6.45, 7) is 7.12. The number of ether oxygens (including phenoxy) is 1. The molecule has 0 heterocycles. The summed E-state index contributed by atoms with van der Waals surface area (Å²) >= 11 is 0. The van der Waals surface area contributed by atoms with E-state index in [0.29, 0.717) is 30.6 Å². The Morgan fingerprint density at radius 3 is 2.21 bits per heavy atom. The van der Waals surface area contributed by atoms with Gasteiger partial charge in [-0.05, 0) is 87.8 Å². The van der Waals surface area contributed by atoms with Gasteiger partial charge in [0.25, 0.3) is 0 Å². The van der Waals surface area contributed by atoms with E-state index in [9.17, 15) is 14.7 Å². The molecule has 34 heavy (non-hydrogen) atoms. The Kier molecular flexibility index (Phi) is 8.20. The molecule has 4 N–H and O–H groups in total. The van der Waals surface area contributed by atoms with E-state index in [2.05, 4.69) is 11.4 Å². The van der Waals surface area contributed by atoms with E-state index in [1.165, 1.54) is 0 Å². The SMILES string of the molecule is COc1ccc(-c2ccc(C(N)=O)cc2)cc1CNC1CCC(CN(C(=O)O)C(C)(C)C)CC1. The number of primary amides is 1. The minimum absolute atomic E-state index is 0.386. The highest BCUT2D eigenvalue weighted by Gasteiger charge is 2.30. The highest BCUT2D eigenvalue weighted by Crippen LogP contribution is 2.30. The lowest BCUT2D eigenvalue weighted by atomic mass is 9.85. The predicted molar refractivity (Wildman–Crippen MR) is 134 cm³/mol. The van der Waals surface area contributed by atoms with E-state index in [1.807, 2.05) is 45.0 Å². The molecule has 0 bridgehead atoms. The first kappa shape index (κ1) is 25.6. The molecule has 7 nitrogen and oxygen atoms in total. The van der Waals surface area contributed by atoms with Crippen LogP contribution in [0.2, 0.25) is 0 Å². The molecule has 1 aliphatic carbocycles. The molecule has 184 valence electrons. The zero-order valence-electron chi connectivity index (χ0n) is 20.6. The van der Waals surface area contributed by atoms with Gasteiger partial charge in [0.15, 0.2) is 0 Å². The van der Waals surface area contributed by atoms with Crippen LogP contribution in [0.25, 0.3) is 11.1 Å². The van der Waals surface area contributed by atoms with Crippen molar-refractivity contribution in [1.29, 1.82) is 0 Å². The fourth-order valence-electron chi connectivity index (χ4n) is 4.62. The van der Waals surface area contributed by atoms with Gasteiger partial charge in [-0.15, -0.1) is 0 Å². The maximum absolute atomic E-state index is 11.7. The topological polar surface area (TPSA) is 105 Å². The molecule has 1 saturated carbocycles. The molecule has 0 unspecified atom stereocenters. The largest absolute Gasteiger partial charge is 0.496 e. The number of carbonyl (C=O) groups is 2. The van der Waals surface area contributed by atoms with Crippen LogP contribution in [0.3, 0.4) is 0 Å². The minimum Gasteiger partial charge on any atom is -0.496 e. The van der Waals surface area contributed by atoms with Gasteiger partial charge in [-0.1, -0.05) is 18.2 Å². The quantitative estimate of drug-likeness (QED) is 0.513. The standard InChI is InChI=1S/C27H37N3O4/c1-27(2,3)30(26(32)33)17-18-5-12-23(13-6-18)29-16-22-15-21(11-14-24(22)34-4)19-7-9-20(10-8-19)25(28)31/h7-11,14-15,18,23,29H,5-6,12-13,16-17H2,1-4H3,(H2,28,31)(H,32,33). The second-order valence-corrected chi connectivity index (χ2v) is 10.1. The van der Waals surface area contributed by atoms with Crippen LogP contribution < -0.4 is 15.8 Å². The molecule has 3 rings (SSSR count). The van der Waals surface area contributed by atoms with Crippen LogP contribution >= 0.6 is 0 Å². The van der Waals surface area contributed by atoms with Crippen molar-refractivity contribution in [2.75, 3.05) is 13.7 Å². The second-order valence-electron chi connectivity index (χ2n) is 10.1. The second kappa shape index (κ2) is 10.9. The van der Waals surface area contributed by atoms with Gasteiger partial charge in [0.05, 0.1) is 7.11 Å². The zero-order chi connectivity index (χ0) is 24.9. The van der Waals surface area contributed by atoms with Crippen molar-refractivity contribution in [3.8, 4) is 16.9 Å². The maximum atomic E-state index is 11.7.